The number of aromatic nitrogens is 1. The van der Waals surface area contributed by atoms with Gasteiger partial charge < -0.3 is 14.6 Å². The van der Waals surface area contributed by atoms with Gasteiger partial charge in [-0.3, -0.25) is 4.79 Å². The van der Waals surface area contributed by atoms with E-state index < -0.39 is 0 Å². The molecule has 0 saturated carbocycles. The molecule has 1 aromatic heterocycles. The molecule has 4 heteroatoms. The van der Waals surface area contributed by atoms with E-state index in [9.17, 15) is 4.79 Å². The maximum absolute atomic E-state index is 12.7. The van der Waals surface area contributed by atoms with Crippen molar-refractivity contribution in [2.75, 3.05) is 19.1 Å². The van der Waals surface area contributed by atoms with Gasteiger partial charge in [0.2, 0.25) is 0 Å². The number of fused-ring (bicyclic) bond motifs is 1. The average Bonchev–Trinajstić information content (AvgIpc) is 2.97. The lowest BCUT2D eigenvalue weighted by atomic mass is 10.1. The fourth-order valence-electron chi connectivity index (χ4n) is 2.37. The van der Waals surface area contributed by atoms with Gasteiger partial charge >= 0.3 is 0 Å². The molecule has 0 aliphatic rings. The Labute approximate surface area is 123 Å². The number of anilines is 1. The molecule has 0 saturated heterocycles. The highest BCUT2D eigenvalue weighted by Gasteiger charge is 2.17. The van der Waals surface area contributed by atoms with Crippen molar-refractivity contribution in [3.8, 4) is 5.75 Å². The van der Waals surface area contributed by atoms with Gasteiger partial charge in [-0.25, -0.2) is 0 Å². The Hall–Kier alpha value is -2.75. The summed E-state index contributed by atoms with van der Waals surface area (Å²) in [5, 5.41) is 0.928. The fourth-order valence-corrected chi connectivity index (χ4v) is 2.37. The molecule has 0 aliphatic heterocycles. The molecule has 0 aliphatic carbocycles. The van der Waals surface area contributed by atoms with Crippen LogP contribution < -0.4 is 9.64 Å². The standard InChI is InChI=1S/C17H16N2O2/c1-19(12-6-5-7-13(10-12)21-2)17(20)15-11-18-16-9-4-3-8-14(15)16/h3-11,18H,1-2H3. The molecule has 2 aromatic carbocycles. The highest BCUT2D eigenvalue weighted by atomic mass is 16.5. The number of benzene rings is 2. The summed E-state index contributed by atoms with van der Waals surface area (Å²) in [4.78, 5) is 17.4. The molecular formula is C17H16N2O2. The van der Waals surface area contributed by atoms with Crippen molar-refractivity contribution in [3.63, 3.8) is 0 Å². The monoisotopic (exact) mass is 280 g/mol. The highest BCUT2D eigenvalue weighted by Crippen LogP contribution is 2.24. The number of methoxy groups -OCH3 is 1. The maximum Gasteiger partial charge on any atom is 0.260 e. The van der Waals surface area contributed by atoms with E-state index in [1.165, 1.54) is 0 Å². The van der Waals surface area contributed by atoms with E-state index in [1.54, 1.807) is 25.3 Å². The van der Waals surface area contributed by atoms with E-state index in [4.69, 9.17) is 4.74 Å². The van der Waals surface area contributed by atoms with Gasteiger partial charge in [0.15, 0.2) is 0 Å². The van der Waals surface area contributed by atoms with Crippen molar-refractivity contribution in [2.24, 2.45) is 0 Å². The lowest BCUT2D eigenvalue weighted by molar-refractivity contribution is 0.0994. The van der Waals surface area contributed by atoms with E-state index in [0.29, 0.717) is 5.56 Å². The predicted octanol–water partition coefficient (Wildman–Crippen LogP) is 3.45. The van der Waals surface area contributed by atoms with Crippen LogP contribution in [0.1, 0.15) is 10.4 Å². The van der Waals surface area contributed by atoms with Crippen LogP contribution in [-0.2, 0) is 0 Å². The second-order valence-corrected chi connectivity index (χ2v) is 4.81. The van der Waals surface area contributed by atoms with E-state index in [2.05, 4.69) is 4.98 Å². The number of nitrogens with one attached hydrogen (secondary N) is 1. The predicted molar refractivity (Wildman–Crippen MR) is 84.0 cm³/mol. The quantitative estimate of drug-likeness (QED) is 0.798. The Morgan fingerprint density at radius 1 is 1.14 bits per heavy atom. The zero-order valence-electron chi connectivity index (χ0n) is 12.0. The second kappa shape index (κ2) is 5.32. The summed E-state index contributed by atoms with van der Waals surface area (Å²) >= 11 is 0. The molecule has 4 nitrogen and oxygen atoms in total. The van der Waals surface area contributed by atoms with Gasteiger partial charge in [0.1, 0.15) is 5.75 Å². The molecule has 1 amide bonds. The van der Waals surface area contributed by atoms with Crippen LogP contribution >= 0.6 is 0 Å². The Bertz CT molecular complexity index is 792. The van der Waals surface area contributed by atoms with Crippen molar-refractivity contribution in [2.45, 2.75) is 0 Å². The number of carbonyl (C=O) groups excluding carboxylic acids is 1. The van der Waals surface area contributed by atoms with Gasteiger partial charge in [-0.15, -0.1) is 0 Å². The summed E-state index contributed by atoms with van der Waals surface area (Å²) in [5.41, 5.74) is 2.42. The van der Waals surface area contributed by atoms with Gasteiger partial charge in [0, 0.05) is 35.9 Å². The molecule has 0 unspecified atom stereocenters. The highest BCUT2D eigenvalue weighted by molar-refractivity contribution is 6.13. The van der Waals surface area contributed by atoms with Crippen LogP contribution in [0.2, 0.25) is 0 Å². The first-order chi connectivity index (χ1) is 10.2. The first kappa shape index (κ1) is 13.2. The molecule has 0 radical (unpaired) electrons. The normalized spacial score (nSPS) is 10.6. The van der Waals surface area contributed by atoms with Crippen LogP contribution in [-0.4, -0.2) is 25.0 Å². The lowest BCUT2D eigenvalue weighted by Gasteiger charge is -2.17. The number of carbonyl (C=O) groups is 1. The molecule has 3 rings (SSSR count). The third-order valence-electron chi connectivity index (χ3n) is 3.56. The first-order valence-electron chi connectivity index (χ1n) is 6.69. The van der Waals surface area contributed by atoms with Crippen LogP contribution in [0.25, 0.3) is 10.9 Å². The number of aromatic amines is 1. The minimum atomic E-state index is -0.0549. The van der Waals surface area contributed by atoms with Crippen LogP contribution in [0.5, 0.6) is 5.75 Å². The zero-order chi connectivity index (χ0) is 14.8. The molecule has 0 spiro atoms. The zero-order valence-corrected chi connectivity index (χ0v) is 12.0. The molecule has 1 N–H and O–H groups in total. The van der Waals surface area contributed by atoms with E-state index in [-0.39, 0.29) is 5.91 Å². The first-order valence-corrected chi connectivity index (χ1v) is 6.69. The van der Waals surface area contributed by atoms with Gasteiger partial charge in [-0.2, -0.15) is 0 Å². The SMILES string of the molecule is COc1cccc(N(C)C(=O)c2c[nH]c3ccccc23)c1. The largest absolute Gasteiger partial charge is 0.497 e. The van der Waals surface area contributed by atoms with E-state index in [0.717, 1.165) is 22.3 Å². The molecule has 3 aromatic rings. The Morgan fingerprint density at radius 3 is 2.76 bits per heavy atom. The number of rotatable bonds is 3. The molecule has 1 heterocycles. The average molecular weight is 280 g/mol. The van der Waals surface area contributed by atoms with Crippen LogP contribution in [0.4, 0.5) is 5.69 Å². The molecule has 0 bridgehead atoms. The number of para-hydroxylation sites is 1. The number of H-pyrrole nitrogens is 1. The number of hydrogen-bond acceptors (Lipinski definition) is 2. The Kier molecular flexibility index (Phi) is 3.36. The van der Waals surface area contributed by atoms with Crippen molar-refractivity contribution in [1.82, 2.24) is 4.98 Å². The number of amides is 1. The summed E-state index contributed by atoms with van der Waals surface area (Å²) < 4.78 is 5.20. The second-order valence-electron chi connectivity index (χ2n) is 4.81. The van der Waals surface area contributed by atoms with E-state index >= 15 is 0 Å². The summed E-state index contributed by atoms with van der Waals surface area (Å²) in [6.45, 7) is 0. The van der Waals surface area contributed by atoms with Crippen LogP contribution in [0, 0.1) is 0 Å². The smallest absolute Gasteiger partial charge is 0.260 e. The van der Waals surface area contributed by atoms with Gasteiger partial charge in [0.25, 0.3) is 5.91 Å². The minimum Gasteiger partial charge on any atom is -0.497 e. The van der Waals surface area contributed by atoms with Gasteiger partial charge in [-0.05, 0) is 18.2 Å². The number of hydrogen-bond donors (Lipinski definition) is 1. The summed E-state index contributed by atoms with van der Waals surface area (Å²) in [7, 11) is 3.37. The Balaban J connectivity index is 1.97. The fraction of sp³-hybridized carbons (Fsp3) is 0.118. The molecule has 21 heavy (non-hydrogen) atoms. The molecule has 0 fully saturated rings. The van der Waals surface area contributed by atoms with Gasteiger partial charge in [-0.1, -0.05) is 24.3 Å². The molecule has 106 valence electrons. The van der Waals surface area contributed by atoms with Crippen molar-refractivity contribution < 1.29 is 9.53 Å². The Morgan fingerprint density at radius 2 is 1.95 bits per heavy atom. The molecular weight excluding hydrogens is 264 g/mol. The van der Waals surface area contributed by atoms with Gasteiger partial charge in [0.05, 0.1) is 12.7 Å². The third-order valence-corrected chi connectivity index (χ3v) is 3.56. The van der Waals surface area contributed by atoms with Crippen LogP contribution in [0.15, 0.2) is 54.7 Å². The van der Waals surface area contributed by atoms with E-state index in [1.807, 2.05) is 48.5 Å². The number of ether oxygens (including phenoxy) is 1. The maximum atomic E-state index is 12.7. The van der Waals surface area contributed by atoms with Crippen LogP contribution in [0.3, 0.4) is 0 Å². The van der Waals surface area contributed by atoms with Crippen molar-refractivity contribution >= 4 is 22.5 Å². The summed E-state index contributed by atoms with van der Waals surface area (Å²) in [6, 6.07) is 15.2. The van der Waals surface area contributed by atoms with Crippen molar-refractivity contribution in [1.29, 1.82) is 0 Å². The third kappa shape index (κ3) is 2.36. The lowest BCUT2D eigenvalue weighted by Crippen LogP contribution is -2.25. The minimum absolute atomic E-state index is 0.0549. The van der Waals surface area contributed by atoms with Crippen molar-refractivity contribution in [3.05, 3.63) is 60.3 Å². The molecule has 0 atom stereocenters. The number of nitrogens with zero attached hydrogens (tertiary/aromatic N) is 1. The topological polar surface area (TPSA) is 45.3 Å². The summed E-state index contributed by atoms with van der Waals surface area (Å²) in [5.74, 6) is 0.673. The summed E-state index contributed by atoms with van der Waals surface area (Å²) in [6.07, 6.45) is 1.75.